The molecule has 0 saturated heterocycles. The number of hydrogen-bond donors (Lipinski definition) is 2. The fourth-order valence-corrected chi connectivity index (χ4v) is 1.31. The van der Waals surface area contributed by atoms with Crippen LogP contribution in [-0.2, 0) is 9.84 Å². The van der Waals surface area contributed by atoms with Crippen molar-refractivity contribution in [3.05, 3.63) is 11.7 Å². The van der Waals surface area contributed by atoms with Gasteiger partial charge in [-0.25, -0.2) is 8.42 Å². The normalized spacial score (nSPS) is 16.3. The maximum absolute atomic E-state index is 11.2. The SMILES string of the molecule is CC(c1noc([C@H](N)CO)n1)S(C)(=O)=O. The number of nitrogens with two attached hydrogens (primary N) is 1. The highest BCUT2D eigenvalue weighted by atomic mass is 32.2. The highest BCUT2D eigenvalue weighted by Crippen LogP contribution is 2.18. The van der Waals surface area contributed by atoms with Crippen molar-refractivity contribution in [2.24, 2.45) is 5.73 Å². The summed E-state index contributed by atoms with van der Waals surface area (Å²) >= 11 is 0. The Hall–Kier alpha value is -0.990. The van der Waals surface area contributed by atoms with E-state index in [1.54, 1.807) is 0 Å². The molecule has 0 spiro atoms. The van der Waals surface area contributed by atoms with E-state index in [4.69, 9.17) is 15.4 Å². The largest absolute Gasteiger partial charge is 0.394 e. The monoisotopic (exact) mass is 235 g/mol. The molecule has 86 valence electrons. The van der Waals surface area contributed by atoms with Crippen molar-refractivity contribution in [2.45, 2.75) is 18.2 Å². The maximum atomic E-state index is 11.2. The molecule has 1 unspecified atom stereocenters. The average Bonchev–Trinajstić information content (AvgIpc) is 2.62. The smallest absolute Gasteiger partial charge is 0.245 e. The van der Waals surface area contributed by atoms with E-state index < -0.39 is 21.1 Å². The lowest BCUT2D eigenvalue weighted by molar-refractivity contribution is 0.236. The number of sulfone groups is 1. The molecular weight excluding hydrogens is 222 g/mol. The molecule has 0 saturated carbocycles. The summed E-state index contributed by atoms with van der Waals surface area (Å²) in [6.07, 6.45) is 1.08. The minimum atomic E-state index is -3.26. The van der Waals surface area contributed by atoms with Gasteiger partial charge in [-0.15, -0.1) is 0 Å². The Morgan fingerprint density at radius 1 is 1.60 bits per heavy atom. The second-order valence-corrected chi connectivity index (χ2v) is 5.62. The van der Waals surface area contributed by atoms with Crippen LogP contribution >= 0.6 is 0 Å². The van der Waals surface area contributed by atoms with Gasteiger partial charge < -0.3 is 15.4 Å². The molecule has 0 aromatic carbocycles. The van der Waals surface area contributed by atoms with Crippen molar-refractivity contribution >= 4 is 9.84 Å². The molecular formula is C7H13N3O4S. The molecule has 0 aliphatic rings. The standard InChI is InChI=1S/C7H13N3O4S/c1-4(15(2,12)13)6-9-7(14-10-6)5(8)3-11/h4-5,11H,3,8H2,1-2H3/t4?,5-/m1/s1. The minimum Gasteiger partial charge on any atom is -0.394 e. The first-order valence-electron chi connectivity index (χ1n) is 4.25. The quantitative estimate of drug-likeness (QED) is 0.698. The molecule has 0 aliphatic carbocycles. The zero-order chi connectivity index (χ0) is 11.6. The Bertz CT molecular complexity index is 427. The Morgan fingerprint density at radius 2 is 2.20 bits per heavy atom. The van der Waals surface area contributed by atoms with Gasteiger partial charge in [0, 0.05) is 6.26 Å². The average molecular weight is 235 g/mol. The lowest BCUT2D eigenvalue weighted by atomic mass is 10.3. The van der Waals surface area contributed by atoms with Gasteiger partial charge in [-0.1, -0.05) is 5.16 Å². The molecule has 1 aromatic heterocycles. The fraction of sp³-hybridized carbons (Fsp3) is 0.714. The third-order valence-electron chi connectivity index (χ3n) is 1.98. The molecule has 2 atom stereocenters. The fourth-order valence-electron chi connectivity index (χ4n) is 0.833. The van der Waals surface area contributed by atoms with Crippen LogP contribution < -0.4 is 5.73 Å². The molecule has 15 heavy (non-hydrogen) atoms. The van der Waals surface area contributed by atoms with Crippen LogP contribution in [0.15, 0.2) is 4.52 Å². The number of nitrogens with zero attached hydrogens (tertiary/aromatic N) is 2. The highest BCUT2D eigenvalue weighted by Gasteiger charge is 2.24. The number of aliphatic hydroxyl groups excluding tert-OH is 1. The van der Waals surface area contributed by atoms with Gasteiger partial charge in [0.2, 0.25) is 5.89 Å². The first-order valence-corrected chi connectivity index (χ1v) is 6.20. The summed E-state index contributed by atoms with van der Waals surface area (Å²) in [6, 6.07) is -0.780. The molecule has 1 rings (SSSR count). The zero-order valence-electron chi connectivity index (χ0n) is 8.41. The van der Waals surface area contributed by atoms with Crippen LogP contribution in [0.3, 0.4) is 0 Å². The molecule has 0 bridgehead atoms. The molecule has 0 radical (unpaired) electrons. The highest BCUT2D eigenvalue weighted by molar-refractivity contribution is 7.90. The Morgan fingerprint density at radius 3 is 2.67 bits per heavy atom. The lowest BCUT2D eigenvalue weighted by Crippen LogP contribution is -2.15. The molecule has 8 heteroatoms. The lowest BCUT2D eigenvalue weighted by Gasteiger charge is -2.02. The third-order valence-corrected chi connectivity index (χ3v) is 3.47. The summed E-state index contributed by atoms with van der Waals surface area (Å²) in [7, 11) is -3.26. The molecule has 1 aromatic rings. The first kappa shape index (κ1) is 12.1. The summed E-state index contributed by atoms with van der Waals surface area (Å²) < 4.78 is 27.1. The van der Waals surface area contributed by atoms with Gasteiger partial charge in [-0.3, -0.25) is 0 Å². The van der Waals surface area contributed by atoms with Crippen LogP contribution in [0, 0.1) is 0 Å². The molecule has 0 aliphatic heterocycles. The van der Waals surface area contributed by atoms with Gasteiger partial charge in [0.05, 0.1) is 6.61 Å². The number of hydrogen-bond acceptors (Lipinski definition) is 7. The molecule has 3 N–H and O–H groups in total. The number of aliphatic hydroxyl groups is 1. The number of rotatable bonds is 4. The van der Waals surface area contributed by atoms with Crippen LogP contribution in [-0.4, -0.2) is 36.5 Å². The third kappa shape index (κ3) is 2.74. The Kier molecular flexibility index (Phi) is 3.42. The second kappa shape index (κ2) is 4.25. The first-order chi connectivity index (χ1) is 6.86. The topological polar surface area (TPSA) is 119 Å². The summed E-state index contributed by atoms with van der Waals surface area (Å²) in [5.74, 6) is 0.0828. The van der Waals surface area contributed by atoms with Gasteiger partial charge in [0.15, 0.2) is 15.7 Å². The van der Waals surface area contributed by atoms with Crippen molar-refractivity contribution < 1.29 is 18.0 Å². The van der Waals surface area contributed by atoms with E-state index in [0.29, 0.717) is 0 Å². The predicted octanol–water partition coefficient (Wildman–Crippen LogP) is -0.833. The summed E-state index contributed by atoms with van der Waals surface area (Å²) in [6.45, 7) is 1.11. The zero-order valence-corrected chi connectivity index (χ0v) is 9.23. The maximum Gasteiger partial charge on any atom is 0.245 e. The van der Waals surface area contributed by atoms with Gasteiger partial charge in [0.25, 0.3) is 0 Å². The van der Waals surface area contributed by atoms with Crippen molar-refractivity contribution in [3.8, 4) is 0 Å². The van der Waals surface area contributed by atoms with Gasteiger partial charge in [-0.2, -0.15) is 4.98 Å². The van der Waals surface area contributed by atoms with E-state index in [2.05, 4.69) is 10.1 Å². The van der Waals surface area contributed by atoms with Gasteiger partial charge >= 0.3 is 0 Å². The van der Waals surface area contributed by atoms with E-state index in [9.17, 15) is 8.42 Å². The van der Waals surface area contributed by atoms with Crippen LogP contribution in [0.25, 0.3) is 0 Å². The summed E-state index contributed by atoms with van der Waals surface area (Å²) in [4.78, 5) is 3.81. The van der Waals surface area contributed by atoms with Crippen LogP contribution in [0.2, 0.25) is 0 Å². The van der Waals surface area contributed by atoms with E-state index in [1.807, 2.05) is 0 Å². The van der Waals surface area contributed by atoms with Crippen LogP contribution in [0.1, 0.15) is 29.9 Å². The Labute approximate surface area is 87.2 Å². The van der Waals surface area contributed by atoms with Crippen molar-refractivity contribution in [1.82, 2.24) is 10.1 Å². The molecule has 0 amide bonds. The minimum absolute atomic E-state index is 0.0306. The van der Waals surface area contributed by atoms with E-state index in [-0.39, 0.29) is 18.3 Å². The Balaban J connectivity index is 2.94. The van der Waals surface area contributed by atoms with Crippen LogP contribution in [0.5, 0.6) is 0 Å². The van der Waals surface area contributed by atoms with Crippen molar-refractivity contribution in [2.75, 3.05) is 12.9 Å². The van der Waals surface area contributed by atoms with E-state index in [1.165, 1.54) is 6.92 Å². The van der Waals surface area contributed by atoms with E-state index in [0.717, 1.165) is 6.26 Å². The van der Waals surface area contributed by atoms with Crippen molar-refractivity contribution in [1.29, 1.82) is 0 Å². The number of aromatic nitrogens is 2. The summed E-state index contributed by atoms with van der Waals surface area (Å²) in [5, 5.41) is 11.4. The molecule has 1 heterocycles. The molecule has 0 fully saturated rings. The van der Waals surface area contributed by atoms with Crippen molar-refractivity contribution in [3.63, 3.8) is 0 Å². The van der Waals surface area contributed by atoms with Gasteiger partial charge in [0.1, 0.15) is 11.3 Å². The second-order valence-electron chi connectivity index (χ2n) is 3.25. The van der Waals surface area contributed by atoms with Crippen LogP contribution in [0.4, 0.5) is 0 Å². The van der Waals surface area contributed by atoms with Gasteiger partial charge in [-0.05, 0) is 6.92 Å². The van der Waals surface area contributed by atoms with E-state index >= 15 is 0 Å². The summed E-state index contributed by atoms with van der Waals surface area (Å²) in [5.41, 5.74) is 5.42. The molecule has 7 nitrogen and oxygen atoms in total. The predicted molar refractivity (Wildman–Crippen MR) is 51.6 cm³/mol.